The normalized spacial score (nSPS) is 16.2. The van der Waals surface area contributed by atoms with Crippen molar-refractivity contribution in [3.63, 3.8) is 0 Å². The molecular weight excluding hydrogens is 488 g/mol. The monoisotopic (exact) mass is 514 g/mol. The lowest BCUT2D eigenvalue weighted by atomic mass is 9.71. The van der Waals surface area contributed by atoms with Crippen molar-refractivity contribution in [3.8, 4) is 0 Å². The largest absolute Gasteiger partial charge is 0.468 e. The fourth-order valence-electron chi connectivity index (χ4n) is 5.38. The molecule has 6 nitrogen and oxygen atoms in total. The summed E-state index contributed by atoms with van der Waals surface area (Å²) in [5, 5.41) is 0. The first kappa shape index (κ1) is 24.7. The maximum Gasteiger partial charge on any atom is 0.323 e. The fraction of sp³-hybridized carbons (Fsp3) is 0.200. The van der Waals surface area contributed by atoms with Gasteiger partial charge in [0, 0.05) is 18.4 Å². The van der Waals surface area contributed by atoms with Crippen LogP contribution >= 0.6 is 0 Å². The van der Waals surface area contributed by atoms with E-state index in [0.717, 1.165) is 27.8 Å². The minimum Gasteiger partial charge on any atom is -0.468 e. The summed E-state index contributed by atoms with van der Waals surface area (Å²) in [4.78, 5) is 26.7. The molecule has 0 atom stereocenters. The Morgan fingerprint density at radius 1 is 0.730 bits per heavy atom. The van der Waals surface area contributed by atoms with Gasteiger partial charge in [0.1, 0.15) is 0 Å². The number of esters is 2. The molecule has 0 heterocycles. The van der Waals surface area contributed by atoms with E-state index < -0.39 is 27.2 Å². The van der Waals surface area contributed by atoms with Gasteiger partial charge < -0.3 is 9.47 Å². The van der Waals surface area contributed by atoms with E-state index in [1.54, 1.807) is 24.3 Å². The summed E-state index contributed by atoms with van der Waals surface area (Å²) >= 11 is 0. The summed E-state index contributed by atoms with van der Waals surface area (Å²) in [6, 6.07) is 23.7. The molecule has 0 bridgehead atoms. The lowest BCUT2D eigenvalue weighted by Crippen LogP contribution is -2.44. The number of benzene rings is 3. The molecule has 7 heteroatoms. The van der Waals surface area contributed by atoms with Gasteiger partial charge in [-0.2, -0.15) is 0 Å². The summed E-state index contributed by atoms with van der Waals surface area (Å²) in [6.07, 6.45) is -0.411. The van der Waals surface area contributed by atoms with Crippen molar-refractivity contribution < 1.29 is 27.5 Å². The quantitative estimate of drug-likeness (QED) is 0.347. The van der Waals surface area contributed by atoms with Gasteiger partial charge in [0.05, 0.1) is 24.0 Å². The third-order valence-corrected chi connectivity index (χ3v) is 9.05. The van der Waals surface area contributed by atoms with Crippen LogP contribution in [-0.2, 0) is 28.9 Å². The van der Waals surface area contributed by atoms with Crippen molar-refractivity contribution in [1.29, 1.82) is 0 Å². The molecule has 3 aromatic carbocycles. The molecule has 0 radical (unpaired) electrons. The first-order chi connectivity index (χ1) is 17.7. The number of hydrogen-bond acceptors (Lipinski definition) is 6. The summed E-state index contributed by atoms with van der Waals surface area (Å²) < 4.78 is 38.6. The van der Waals surface area contributed by atoms with Crippen molar-refractivity contribution in [1.82, 2.24) is 0 Å². The van der Waals surface area contributed by atoms with Crippen LogP contribution in [0.5, 0.6) is 0 Å². The van der Waals surface area contributed by atoms with Crippen molar-refractivity contribution in [2.45, 2.75) is 24.7 Å². The van der Waals surface area contributed by atoms with Crippen molar-refractivity contribution >= 4 is 32.9 Å². The highest BCUT2D eigenvalue weighted by atomic mass is 32.2. The number of fused-ring (bicyclic) bond motifs is 3. The van der Waals surface area contributed by atoms with Crippen LogP contribution in [0.1, 0.15) is 35.1 Å². The Labute approximate surface area is 216 Å². The molecule has 0 saturated carbocycles. The minimum absolute atomic E-state index is 0.00628. The molecule has 0 fully saturated rings. The Morgan fingerprint density at radius 2 is 1.27 bits per heavy atom. The van der Waals surface area contributed by atoms with Crippen LogP contribution in [0.2, 0.25) is 0 Å². The van der Waals surface area contributed by atoms with Crippen LogP contribution in [0.15, 0.2) is 94.2 Å². The molecule has 188 valence electrons. The number of carbonyl (C=O) groups excluding carboxylic acids is 2. The van der Waals surface area contributed by atoms with E-state index in [0.29, 0.717) is 11.1 Å². The van der Waals surface area contributed by atoms with E-state index >= 15 is 0 Å². The van der Waals surface area contributed by atoms with E-state index in [-0.39, 0.29) is 22.6 Å². The zero-order valence-electron chi connectivity index (χ0n) is 20.8. The zero-order chi connectivity index (χ0) is 26.4. The Balaban J connectivity index is 1.91. The zero-order valence-corrected chi connectivity index (χ0v) is 21.6. The Hall–Kier alpha value is -3.97. The molecule has 0 N–H and O–H groups in total. The number of carbonyl (C=O) groups is 2. The molecule has 0 aliphatic heterocycles. The molecule has 3 aromatic rings. The maximum absolute atomic E-state index is 14.2. The summed E-state index contributed by atoms with van der Waals surface area (Å²) in [5.74, 6) is -1.66. The predicted octanol–water partition coefficient (Wildman–Crippen LogP) is 5.12. The van der Waals surface area contributed by atoms with Gasteiger partial charge in [-0.25, -0.2) is 8.42 Å². The average Bonchev–Trinajstić information content (AvgIpc) is 3.26. The fourth-order valence-corrected chi connectivity index (χ4v) is 7.09. The molecule has 37 heavy (non-hydrogen) atoms. The maximum atomic E-state index is 14.2. The number of aryl methyl sites for hydroxylation is 1. The van der Waals surface area contributed by atoms with Crippen molar-refractivity contribution in [3.05, 3.63) is 112 Å². The van der Waals surface area contributed by atoms with Gasteiger partial charge in [-0.05, 0) is 46.9 Å². The second-order valence-electron chi connectivity index (χ2n) is 9.30. The Kier molecular flexibility index (Phi) is 6.12. The third-order valence-electron chi connectivity index (χ3n) is 7.16. The van der Waals surface area contributed by atoms with Crippen LogP contribution in [-0.4, -0.2) is 34.6 Å². The van der Waals surface area contributed by atoms with Gasteiger partial charge in [-0.15, -0.1) is 0 Å². The molecule has 0 saturated heterocycles. The minimum atomic E-state index is -4.11. The Bertz CT molecular complexity index is 1560. The first-order valence-corrected chi connectivity index (χ1v) is 13.3. The number of sulfone groups is 1. The molecule has 2 aliphatic carbocycles. The number of ether oxygens (including phenoxy) is 2. The predicted molar refractivity (Wildman–Crippen MR) is 140 cm³/mol. The van der Waals surface area contributed by atoms with Crippen molar-refractivity contribution in [2.75, 3.05) is 14.2 Å². The first-order valence-electron chi connectivity index (χ1n) is 11.8. The third kappa shape index (κ3) is 3.81. The van der Waals surface area contributed by atoms with E-state index in [4.69, 9.17) is 9.47 Å². The SMILES string of the molecule is COC(=O)C1(C(=O)OC)CC2=C(c3ccccc3)c3ccccc3C2=C(S(=O)(=O)c2ccc(C)cc2)C1. The highest BCUT2D eigenvalue weighted by molar-refractivity contribution is 7.95. The summed E-state index contributed by atoms with van der Waals surface area (Å²) in [5.41, 5.74) is 3.47. The van der Waals surface area contributed by atoms with Crippen LogP contribution in [0, 0.1) is 12.3 Å². The van der Waals surface area contributed by atoms with Gasteiger partial charge in [0.25, 0.3) is 0 Å². The molecule has 5 rings (SSSR count). The average molecular weight is 515 g/mol. The van der Waals surface area contributed by atoms with Crippen molar-refractivity contribution in [2.24, 2.45) is 5.41 Å². The van der Waals surface area contributed by atoms with E-state index in [1.165, 1.54) is 14.2 Å². The smallest absolute Gasteiger partial charge is 0.323 e. The van der Waals surface area contributed by atoms with E-state index in [2.05, 4.69) is 0 Å². The van der Waals surface area contributed by atoms with Crippen LogP contribution in [0.25, 0.3) is 11.1 Å². The van der Waals surface area contributed by atoms with Crippen LogP contribution in [0.3, 0.4) is 0 Å². The second kappa shape index (κ2) is 9.16. The van der Waals surface area contributed by atoms with Gasteiger partial charge in [0.15, 0.2) is 5.41 Å². The van der Waals surface area contributed by atoms with Gasteiger partial charge in [-0.1, -0.05) is 72.3 Å². The molecule has 0 aromatic heterocycles. The molecule has 0 amide bonds. The number of hydrogen-bond donors (Lipinski definition) is 0. The molecular formula is C30H26O6S. The van der Waals surface area contributed by atoms with Crippen LogP contribution in [0.4, 0.5) is 0 Å². The summed E-state index contributed by atoms with van der Waals surface area (Å²) in [7, 11) is -1.72. The Morgan fingerprint density at radius 3 is 1.84 bits per heavy atom. The lowest BCUT2D eigenvalue weighted by Gasteiger charge is -2.35. The number of rotatable bonds is 5. The highest BCUT2D eigenvalue weighted by Gasteiger charge is 2.56. The van der Waals surface area contributed by atoms with E-state index in [1.807, 2.05) is 61.5 Å². The molecule has 2 aliphatic rings. The topological polar surface area (TPSA) is 86.7 Å². The van der Waals surface area contributed by atoms with E-state index in [9.17, 15) is 18.0 Å². The number of methoxy groups -OCH3 is 2. The van der Waals surface area contributed by atoms with Crippen LogP contribution < -0.4 is 0 Å². The highest BCUT2D eigenvalue weighted by Crippen LogP contribution is 2.57. The lowest BCUT2D eigenvalue weighted by molar-refractivity contribution is -0.169. The molecule has 0 spiro atoms. The van der Waals surface area contributed by atoms with Gasteiger partial charge in [-0.3, -0.25) is 9.59 Å². The second-order valence-corrected chi connectivity index (χ2v) is 11.3. The standard InChI is InChI=1S/C30H26O6S/c1-19-13-15-21(16-14-19)37(33,34)25-18-30(28(31)35-2,29(32)36-3)17-24-26(20-9-5-4-6-10-20)22-11-7-8-12-23(22)27(24)25/h4-16H,17-18H2,1-3H3. The number of allylic oxidation sites excluding steroid dienone is 3. The van der Waals surface area contributed by atoms with Gasteiger partial charge >= 0.3 is 11.9 Å². The molecule has 0 unspecified atom stereocenters. The summed E-state index contributed by atoms with van der Waals surface area (Å²) in [6.45, 7) is 1.87. The van der Waals surface area contributed by atoms with Gasteiger partial charge in [0.2, 0.25) is 9.84 Å².